The van der Waals surface area contributed by atoms with Crippen molar-refractivity contribution in [3.8, 4) is 5.75 Å². The smallest absolute Gasteiger partial charge is 0.294 e. The highest BCUT2D eigenvalue weighted by Crippen LogP contribution is 2.36. The van der Waals surface area contributed by atoms with Gasteiger partial charge in [-0.1, -0.05) is 18.2 Å². The lowest BCUT2D eigenvalue weighted by molar-refractivity contribution is 0.104. The molecule has 25 heavy (non-hydrogen) atoms. The van der Waals surface area contributed by atoms with Crippen molar-refractivity contribution in [3.05, 3.63) is 59.7 Å². The number of nitrogen functional groups attached to an aromatic ring is 2. The monoisotopic (exact) mass is 358 g/mol. The first-order valence-corrected chi connectivity index (χ1v) is 8.56. The van der Waals surface area contributed by atoms with Crippen molar-refractivity contribution in [2.24, 2.45) is 0 Å². The molecule has 3 aromatic carbocycles. The molecule has 0 spiro atoms. The van der Waals surface area contributed by atoms with Gasteiger partial charge in [-0.15, -0.1) is 0 Å². The van der Waals surface area contributed by atoms with Crippen LogP contribution in [-0.2, 0) is 10.1 Å². The molecule has 128 valence electrons. The predicted molar refractivity (Wildman–Crippen MR) is 94.1 cm³/mol. The SMILES string of the molecule is Nc1ccccc1C(=O)c1ccc2cc(S(=O)(=O)O)cc(O)c2c1N. The van der Waals surface area contributed by atoms with Crippen molar-refractivity contribution in [2.45, 2.75) is 4.90 Å². The molecule has 0 radical (unpaired) electrons. The van der Waals surface area contributed by atoms with E-state index in [0.717, 1.165) is 12.1 Å². The Morgan fingerprint density at radius 2 is 1.64 bits per heavy atom. The Balaban J connectivity index is 2.23. The molecule has 0 saturated carbocycles. The molecular formula is C17H14N2O5S. The third kappa shape index (κ3) is 2.88. The van der Waals surface area contributed by atoms with Crippen LogP contribution in [0.15, 0.2) is 53.4 Å². The number of fused-ring (bicyclic) bond motifs is 1. The summed E-state index contributed by atoms with van der Waals surface area (Å²) in [5, 5.41) is 10.5. The van der Waals surface area contributed by atoms with Gasteiger partial charge in [0.15, 0.2) is 5.78 Å². The van der Waals surface area contributed by atoms with Gasteiger partial charge in [0.1, 0.15) is 5.75 Å². The summed E-state index contributed by atoms with van der Waals surface area (Å²) in [4.78, 5) is 12.2. The Labute approximate surface area is 143 Å². The zero-order valence-corrected chi connectivity index (χ0v) is 13.6. The number of phenolic OH excluding ortho intramolecular Hbond substituents is 1. The first kappa shape index (κ1) is 16.7. The average Bonchev–Trinajstić information content (AvgIpc) is 2.53. The molecule has 0 aliphatic carbocycles. The molecule has 0 saturated heterocycles. The lowest BCUT2D eigenvalue weighted by atomic mass is 9.96. The maximum absolute atomic E-state index is 12.7. The molecule has 6 N–H and O–H groups in total. The van der Waals surface area contributed by atoms with Crippen molar-refractivity contribution in [3.63, 3.8) is 0 Å². The van der Waals surface area contributed by atoms with E-state index in [2.05, 4.69) is 0 Å². The van der Waals surface area contributed by atoms with E-state index >= 15 is 0 Å². The Hall–Kier alpha value is -3.10. The number of hydrogen-bond donors (Lipinski definition) is 4. The fraction of sp³-hybridized carbons (Fsp3) is 0. The summed E-state index contributed by atoms with van der Waals surface area (Å²) in [6.07, 6.45) is 0. The Kier molecular flexibility index (Phi) is 3.86. The summed E-state index contributed by atoms with van der Waals surface area (Å²) in [6, 6.07) is 11.4. The highest BCUT2D eigenvalue weighted by Gasteiger charge is 2.20. The predicted octanol–water partition coefficient (Wildman–Crippen LogP) is 2.19. The molecule has 3 aromatic rings. The van der Waals surface area contributed by atoms with E-state index in [1.165, 1.54) is 12.1 Å². The Bertz CT molecular complexity index is 1120. The van der Waals surface area contributed by atoms with Crippen LogP contribution in [0.4, 0.5) is 11.4 Å². The van der Waals surface area contributed by atoms with Crippen LogP contribution >= 0.6 is 0 Å². The first-order valence-electron chi connectivity index (χ1n) is 7.12. The number of rotatable bonds is 3. The van der Waals surface area contributed by atoms with Gasteiger partial charge in [0.2, 0.25) is 0 Å². The normalized spacial score (nSPS) is 11.6. The molecule has 7 nitrogen and oxygen atoms in total. The van der Waals surface area contributed by atoms with Gasteiger partial charge in [-0.05, 0) is 29.7 Å². The second-order valence-corrected chi connectivity index (χ2v) is 6.88. The summed E-state index contributed by atoms with van der Waals surface area (Å²) in [5.74, 6) is -0.880. The molecule has 0 aliphatic rings. The summed E-state index contributed by atoms with van der Waals surface area (Å²) in [7, 11) is -4.49. The summed E-state index contributed by atoms with van der Waals surface area (Å²) in [5.41, 5.74) is 12.5. The molecular weight excluding hydrogens is 344 g/mol. The fourth-order valence-electron chi connectivity index (χ4n) is 2.64. The molecule has 0 unspecified atom stereocenters. The molecule has 8 heteroatoms. The maximum Gasteiger partial charge on any atom is 0.294 e. The molecule has 0 bridgehead atoms. The number of carbonyl (C=O) groups is 1. The van der Waals surface area contributed by atoms with Crippen LogP contribution < -0.4 is 11.5 Å². The minimum absolute atomic E-state index is 0.00913. The quantitative estimate of drug-likeness (QED) is 0.319. The number of aromatic hydroxyl groups is 1. The van der Waals surface area contributed by atoms with E-state index in [-0.39, 0.29) is 33.3 Å². The number of anilines is 2. The zero-order chi connectivity index (χ0) is 18.4. The minimum Gasteiger partial charge on any atom is -0.507 e. The van der Waals surface area contributed by atoms with Gasteiger partial charge in [0.05, 0.1) is 10.6 Å². The summed E-state index contributed by atoms with van der Waals surface area (Å²) < 4.78 is 31.6. The van der Waals surface area contributed by atoms with Gasteiger partial charge in [0.25, 0.3) is 10.1 Å². The van der Waals surface area contributed by atoms with Gasteiger partial charge in [-0.3, -0.25) is 9.35 Å². The molecule has 0 heterocycles. The molecule has 0 fully saturated rings. The lowest BCUT2D eigenvalue weighted by Crippen LogP contribution is -2.08. The number of para-hydroxylation sites is 1. The van der Waals surface area contributed by atoms with Gasteiger partial charge < -0.3 is 16.6 Å². The van der Waals surface area contributed by atoms with Gasteiger partial charge in [-0.25, -0.2) is 0 Å². The van der Waals surface area contributed by atoms with Crippen LogP contribution in [0.5, 0.6) is 5.75 Å². The van der Waals surface area contributed by atoms with Crippen molar-refractivity contribution in [2.75, 3.05) is 11.5 Å². The molecule has 0 aliphatic heterocycles. The van der Waals surface area contributed by atoms with Crippen molar-refractivity contribution in [1.82, 2.24) is 0 Å². The maximum atomic E-state index is 12.7. The van der Waals surface area contributed by atoms with Crippen LogP contribution in [0, 0.1) is 0 Å². The molecule has 0 amide bonds. The lowest BCUT2D eigenvalue weighted by Gasteiger charge is -2.12. The second-order valence-electron chi connectivity index (χ2n) is 5.46. The molecule has 0 atom stereocenters. The highest BCUT2D eigenvalue weighted by molar-refractivity contribution is 7.85. The van der Waals surface area contributed by atoms with Crippen molar-refractivity contribution < 1.29 is 22.9 Å². The summed E-state index contributed by atoms with van der Waals surface area (Å²) in [6.45, 7) is 0. The van der Waals surface area contributed by atoms with Gasteiger partial charge in [0, 0.05) is 28.3 Å². The number of ketones is 1. The van der Waals surface area contributed by atoms with E-state index in [1.54, 1.807) is 24.3 Å². The highest BCUT2D eigenvalue weighted by atomic mass is 32.2. The third-order valence-electron chi connectivity index (χ3n) is 3.86. The van der Waals surface area contributed by atoms with Gasteiger partial charge in [-0.2, -0.15) is 8.42 Å². The topological polar surface area (TPSA) is 144 Å². The van der Waals surface area contributed by atoms with Crippen LogP contribution in [0.2, 0.25) is 0 Å². The van der Waals surface area contributed by atoms with E-state index in [4.69, 9.17) is 16.0 Å². The Morgan fingerprint density at radius 3 is 2.28 bits per heavy atom. The first-order chi connectivity index (χ1) is 11.7. The number of phenols is 1. The van der Waals surface area contributed by atoms with Crippen molar-refractivity contribution in [1.29, 1.82) is 0 Å². The van der Waals surface area contributed by atoms with Crippen LogP contribution in [0.1, 0.15) is 15.9 Å². The Morgan fingerprint density at radius 1 is 0.960 bits per heavy atom. The van der Waals surface area contributed by atoms with Crippen LogP contribution in [0.25, 0.3) is 10.8 Å². The number of benzene rings is 3. The number of carbonyl (C=O) groups excluding carboxylic acids is 1. The number of hydrogen-bond acceptors (Lipinski definition) is 6. The van der Waals surface area contributed by atoms with Crippen molar-refractivity contribution >= 4 is 38.0 Å². The fourth-order valence-corrected chi connectivity index (χ4v) is 3.18. The molecule has 3 rings (SSSR count). The second kappa shape index (κ2) is 5.76. The van der Waals surface area contributed by atoms with E-state index in [9.17, 15) is 18.3 Å². The minimum atomic E-state index is -4.49. The largest absolute Gasteiger partial charge is 0.507 e. The molecule has 0 aromatic heterocycles. The van der Waals surface area contributed by atoms with E-state index in [1.807, 2.05) is 0 Å². The van der Waals surface area contributed by atoms with Crippen LogP contribution in [-0.4, -0.2) is 23.9 Å². The summed E-state index contributed by atoms with van der Waals surface area (Å²) >= 11 is 0. The van der Waals surface area contributed by atoms with Gasteiger partial charge >= 0.3 is 0 Å². The van der Waals surface area contributed by atoms with E-state index < -0.39 is 26.5 Å². The van der Waals surface area contributed by atoms with Crippen LogP contribution in [0.3, 0.4) is 0 Å². The van der Waals surface area contributed by atoms with E-state index in [0.29, 0.717) is 0 Å². The number of nitrogens with two attached hydrogens (primary N) is 2. The standard InChI is InChI=1S/C17H14N2O5S/c18-13-4-2-1-3-11(13)17(21)12-6-5-9-7-10(25(22,23)24)8-14(20)15(9)16(12)19/h1-8,20H,18-19H2,(H,22,23,24). The third-order valence-corrected chi connectivity index (χ3v) is 4.69. The zero-order valence-electron chi connectivity index (χ0n) is 12.8. The average molecular weight is 358 g/mol.